The van der Waals surface area contributed by atoms with Gasteiger partial charge in [0.15, 0.2) is 0 Å². The Labute approximate surface area is 116 Å². The van der Waals surface area contributed by atoms with Crippen LogP contribution in [0.15, 0.2) is 24.3 Å². The number of ether oxygens (including phenoxy) is 1. The Morgan fingerprint density at radius 3 is 2.82 bits per heavy atom. The van der Waals surface area contributed by atoms with E-state index in [0.717, 1.165) is 37.4 Å². The monoisotopic (exact) mass is 275 g/mol. The fourth-order valence-corrected chi connectivity index (χ4v) is 1.66. The molecule has 0 radical (unpaired) electrons. The minimum Gasteiger partial charge on any atom is -0.494 e. The van der Waals surface area contributed by atoms with E-state index in [9.17, 15) is 0 Å². The third kappa shape index (κ3) is 6.81. The van der Waals surface area contributed by atoms with Crippen molar-refractivity contribution in [1.29, 1.82) is 0 Å². The fourth-order valence-electron chi connectivity index (χ4n) is 1.48. The third-order valence-electron chi connectivity index (χ3n) is 2.53. The highest BCUT2D eigenvalue weighted by atomic mass is 35.5. The number of rotatable bonds is 7. The van der Waals surface area contributed by atoms with Crippen LogP contribution in [0.25, 0.3) is 0 Å². The minimum atomic E-state index is 0. The summed E-state index contributed by atoms with van der Waals surface area (Å²) in [7, 11) is 0. The van der Waals surface area contributed by atoms with Gasteiger partial charge < -0.3 is 10.5 Å². The largest absolute Gasteiger partial charge is 0.494 e. The predicted octanol–water partition coefficient (Wildman–Crippen LogP) is 3.09. The van der Waals surface area contributed by atoms with E-state index < -0.39 is 0 Å². The van der Waals surface area contributed by atoms with Crippen molar-refractivity contribution < 1.29 is 4.74 Å². The average molecular weight is 276 g/mol. The summed E-state index contributed by atoms with van der Waals surface area (Å²) in [4.78, 5) is 0. The van der Waals surface area contributed by atoms with Crippen molar-refractivity contribution in [3.05, 3.63) is 29.8 Å². The Bertz CT molecular complexity index is 309. The molecule has 0 bridgehead atoms. The van der Waals surface area contributed by atoms with Crippen molar-refractivity contribution >= 4 is 25.0 Å². The third-order valence-corrected chi connectivity index (χ3v) is 3.00. The van der Waals surface area contributed by atoms with Crippen LogP contribution in [0.3, 0.4) is 0 Å². The van der Waals surface area contributed by atoms with E-state index in [1.54, 1.807) is 0 Å². The summed E-state index contributed by atoms with van der Waals surface area (Å²) in [5, 5.41) is 0. The molecule has 0 amide bonds. The van der Waals surface area contributed by atoms with Crippen molar-refractivity contribution in [3.63, 3.8) is 0 Å². The van der Waals surface area contributed by atoms with Crippen LogP contribution in [0.4, 0.5) is 0 Å². The molecule has 0 aliphatic carbocycles. The number of benzene rings is 1. The first-order valence-electron chi connectivity index (χ1n) is 5.84. The minimum absolute atomic E-state index is 0. The van der Waals surface area contributed by atoms with Gasteiger partial charge >= 0.3 is 0 Å². The zero-order valence-electron chi connectivity index (χ0n) is 10.3. The summed E-state index contributed by atoms with van der Waals surface area (Å²) in [5.74, 6) is 1.70. The standard InChI is InChI=1S/C13H21NOS.ClH/c1-2-11-5-3-7-13(9-11)15-8-4-6-12(14)10-16;/h3,5,7,9,12,16H,2,4,6,8,10,14H2,1H3;1H/t12-;/m1./s1. The second-order valence-corrected chi connectivity index (χ2v) is 4.30. The summed E-state index contributed by atoms with van der Waals surface area (Å²) in [6.45, 7) is 2.87. The topological polar surface area (TPSA) is 35.2 Å². The maximum atomic E-state index is 5.77. The molecule has 0 heterocycles. The molecule has 0 saturated carbocycles. The molecule has 0 fully saturated rings. The first-order chi connectivity index (χ1) is 7.76. The number of aryl methyl sites for hydroxylation is 1. The van der Waals surface area contributed by atoms with Crippen molar-refractivity contribution in [2.75, 3.05) is 12.4 Å². The van der Waals surface area contributed by atoms with Crippen molar-refractivity contribution in [3.8, 4) is 5.75 Å². The Morgan fingerprint density at radius 1 is 1.41 bits per heavy atom. The lowest BCUT2D eigenvalue weighted by Gasteiger charge is -2.10. The number of nitrogens with two attached hydrogens (primary N) is 1. The van der Waals surface area contributed by atoms with Gasteiger partial charge in [-0.05, 0) is 37.0 Å². The SMILES string of the molecule is CCc1cccc(OCCC[C@@H](N)CS)c1.Cl. The summed E-state index contributed by atoms with van der Waals surface area (Å²) in [6, 6.07) is 8.43. The lowest BCUT2D eigenvalue weighted by Crippen LogP contribution is -2.22. The molecule has 1 aromatic rings. The first-order valence-corrected chi connectivity index (χ1v) is 6.47. The summed E-state index contributed by atoms with van der Waals surface area (Å²) >= 11 is 4.15. The highest BCUT2D eigenvalue weighted by Gasteiger charge is 2.00. The molecule has 0 unspecified atom stereocenters. The summed E-state index contributed by atoms with van der Waals surface area (Å²) in [5.41, 5.74) is 7.08. The quantitative estimate of drug-likeness (QED) is 0.592. The normalized spacial score (nSPS) is 11.7. The molecular formula is C13H22ClNOS. The molecule has 1 rings (SSSR count). The zero-order valence-corrected chi connectivity index (χ0v) is 12.0. The Kier molecular flexibility index (Phi) is 9.41. The van der Waals surface area contributed by atoms with Crippen LogP contribution in [-0.2, 0) is 6.42 Å². The van der Waals surface area contributed by atoms with E-state index in [4.69, 9.17) is 10.5 Å². The Hall–Kier alpha value is -0.380. The second-order valence-electron chi connectivity index (χ2n) is 3.93. The molecular weight excluding hydrogens is 254 g/mol. The van der Waals surface area contributed by atoms with E-state index in [1.807, 2.05) is 12.1 Å². The van der Waals surface area contributed by atoms with Gasteiger partial charge in [0.2, 0.25) is 0 Å². The molecule has 17 heavy (non-hydrogen) atoms. The molecule has 2 nitrogen and oxygen atoms in total. The van der Waals surface area contributed by atoms with Gasteiger partial charge in [0.05, 0.1) is 6.61 Å². The van der Waals surface area contributed by atoms with Crippen LogP contribution in [-0.4, -0.2) is 18.4 Å². The van der Waals surface area contributed by atoms with Crippen molar-refractivity contribution in [2.45, 2.75) is 32.2 Å². The fraction of sp³-hybridized carbons (Fsp3) is 0.538. The van der Waals surface area contributed by atoms with Gasteiger partial charge in [0, 0.05) is 11.8 Å². The maximum absolute atomic E-state index is 5.77. The molecule has 1 aromatic carbocycles. The molecule has 0 aromatic heterocycles. The van der Waals surface area contributed by atoms with E-state index in [1.165, 1.54) is 5.56 Å². The lowest BCUT2D eigenvalue weighted by molar-refractivity contribution is 0.303. The van der Waals surface area contributed by atoms with Crippen LogP contribution < -0.4 is 10.5 Å². The number of hydrogen-bond donors (Lipinski definition) is 2. The van der Waals surface area contributed by atoms with Gasteiger partial charge in [0.1, 0.15) is 5.75 Å². The molecule has 0 aliphatic rings. The molecule has 2 N–H and O–H groups in total. The predicted molar refractivity (Wildman–Crippen MR) is 79.6 cm³/mol. The Balaban J connectivity index is 0.00000256. The second kappa shape index (κ2) is 9.63. The van der Waals surface area contributed by atoms with E-state index in [0.29, 0.717) is 0 Å². The average Bonchev–Trinajstić information content (AvgIpc) is 2.34. The van der Waals surface area contributed by atoms with Crippen LogP contribution >= 0.6 is 25.0 Å². The first kappa shape index (κ1) is 16.6. The van der Waals surface area contributed by atoms with Gasteiger partial charge in [0.25, 0.3) is 0 Å². The van der Waals surface area contributed by atoms with E-state index >= 15 is 0 Å². The maximum Gasteiger partial charge on any atom is 0.119 e. The number of hydrogen-bond acceptors (Lipinski definition) is 3. The van der Waals surface area contributed by atoms with Gasteiger partial charge in [-0.3, -0.25) is 0 Å². The highest BCUT2D eigenvalue weighted by Crippen LogP contribution is 2.14. The van der Waals surface area contributed by atoms with Crippen LogP contribution in [0.5, 0.6) is 5.75 Å². The summed E-state index contributed by atoms with van der Waals surface area (Å²) in [6.07, 6.45) is 3.00. The lowest BCUT2D eigenvalue weighted by atomic mass is 10.1. The number of thiol groups is 1. The van der Waals surface area contributed by atoms with Gasteiger partial charge in [-0.2, -0.15) is 12.6 Å². The smallest absolute Gasteiger partial charge is 0.119 e. The van der Waals surface area contributed by atoms with Gasteiger partial charge in [-0.25, -0.2) is 0 Å². The highest BCUT2D eigenvalue weighted by molar-refractivity contribution is 7.80. The van der Waals surface area contributed by atoms with E-state index in [-0.39, 0.29) is 18.4 Å². The summed E-state index contributed by atoms with van der Waals surface area (Å²) < 4.78 is 5.66. The van der Waals surface area contributed by atoms with Crippen LogP contribution in [0, 0.1) is 0 Å². The van der Waals surface area contributed by atoms with Gasteiger partial charge in [-0.1, -0.05) is 19.1 Å². The van der Waals surface area contributed by atoms with Crippen molar-refractivity contribution in [1.82, 2.24) is 0 Å². The van der Waals surface area contributed by atoms with Crippen molar-refractivity contribution in [2.24, 2.45) is 5.73 Å². The zero-order chi connectivity index (χ0) is 11.8. The molecule has 0 saturated heterocycles. The Morgan fingerprint density at radius 2 is 2.18 bits per heavy atom. The van der Waals surface area contributed by atoms with Crippen LogP contribution in [0.2, 0.25) is 0 Å². The van der Waals surface area contributed by atoms with Gasteiger partial charge in [-0.15, -0.1) is 12.4 Å². The molecule has 98 valence electrons. The number of halogens is 1. The molecule has 0 aliphatic heterocycles. The van der Waals surface area contributed by atoms with E-state index in [2.05, 4.69) is 31.7 Å². The molecule has 0 spiro atoms. The molecule has 4 heteroatoms. The van der Waals surface area contributed by atoms with Crippen LogP contribution in [0.1, 0.15) is 25.3 Å². The molecule has 1 atom stereocenters.